The van der Waals surface area contributed by atoms with Crippen LogP contribution in [0.2, 0.25) is 0 Å². The van der Waals surface area contributed by atoms with E-state index in [9.17, 15) is 4.57 Å². The third kappa shape index (κ3) is 8.18. The van der Waals surface area contributed by atoms with Crippen molar-refractivity contribution in [3.63, 3.8) is 0 Å². The van der Waals surface area contributed by atoms with E-state index in [0.717, 1.165) is 5.82 Å². The van der Waals surface area contributed by atoms with Crippen molar-refractivity contribution in [2.45, 2.75) is 12.3 Å². The highest BCUT2D eigenvalue weighted by Gasteiger charge is 2.05. The smallest absolute Gasteiger partial charge is 0.321 e. The molecule has 0 aromatic heterocycles. The predicted octanol–water partition coefficient (Wildman–Crippen LogP) is 1.31. The van der Waals surface area contributed by atoms with Crippen molar-refractivity contribution < 1.29 is 14.4 Å². The van der Waals surface area contributed by atoms with Crippen LogP contribution in [0.3, 0.4) is 0 Å². The Balaban J connectivity index is 3.87. The summed E-state index contributed by atoms with van der Waals surface area (Å²) in [5.74, 6) is 0.796. The SMILES string of the molecule is CC(Cl)C=CP(=O)(O)O. The van der Waals surface area contributed by atoms with Gasteiger partial charge in [-0.3, -0.25) is 4.57 Å². The van der Waals surface area contributed by atoms with Gasteiger partial charge in [0.2, 0.25) is 0 Å². The molecule has 0 aliphatic carbocycles. The first-order chi connectivity index (χ1) is 3.92. The summed E-state index contributed by atoms with van der Waals surface area (Å²) in [7, 11) is -3.98. The van der Waals surface area contributed by atoms with Gasteiger partial charge in [0.25, 0.3) is 0 Å². The molecule has 9 heavy (non-hydrogen) atoms. The van der Waals surface area contributed by atoms with E-state index in [1.807, 2.05) is 0 Å². The van der Waals surface area contributed by atoms with Crippen LogP contribution in [0.15, 0.2) is 11.9 Å². The van der Waals surface area contributed by atoms with Crippen LogP contribution < -0.4 is 0 Å². The monoisotopic (exact) mass is 170 g/mol. The summed E-state index contributed by atoms with van der Waals surface area (Å²) in [6, 6.07) is 0. The maximum absolute atomic E-state index is 10.1. The molecule has 5 heteroatoms. The van der Waals surface area contributed by atoms with Gasteiger partial charge in [-0.1, -0.05) is 6.08 Å². The van der Waals surface area contributed by atoms with Crippen LogP contribution in [0.25, 0.3) is 0 Å². The Labute approximate surface area is 58.5 Å². The molecule has 54 valence electrons. The molecular weight excluding hydrogens is 162 g/mol. The average molecular weight is 171 g/mol. The zero-order chi connectivity index (χ0) is 7.49. The summed E-state index contributed by atoms with van der Waals surface area (Å²) in [5, 5.41) is -0.336. The lowest BCUT2D eigenvalue weighted by Gasteiger charge is -1.94. The summed E-state index contributed by atoms with van der Waals surface area (Å²) < 4.78 is 10.1. The standard InChI is InChI=1S/C4H8ClO3P/c1-4(5)2-3-9(6,7)8/h2-4H,1H3,(H2,6,7,8). The predicted molar refractivity (Wildman–Crippen MR) is 36.5 cm³/mol. The molecule has 0 bridgehead atoms. The first kappa shape index (κ1) is 9.18. The molecule has 0 saturated carbocycles. The normalized spacial score (nSPS) is 16.4. The first-order valence-corrected chi connectivity index (χ1v) is 4.42. The van der Waals surface area contributed by atoms with Crippen LogP contribution in [-0.4, -0.2) is 15.2 Å². The van der Waals surface area contributed by atoms with Crippen LogP contribution in [0.4, 0.5) is 0 Å². The van der Waals surface area contributed by atoms with Gasteiger partial charge in [0, 0.05) is 11.2 Å². The van der Waals surface area contributed by atoms with Crippen molar-refractivity contribution in [1.29, 1.82) is 0 Å². The van der Waals surface area contributed by atoms with Gasteiger partial charge < -0.3 is 9.79 Å². The topological polar surface area (TPSA) is 57.5 Å². The minimum absolute atomic E-state index is 0.336. The molecule has 3 nitrogen and oxygen atoms in total. The molecule has 2 N–H and O–H groups in total. The quantitative estimate of drug-likeness (QED) is 0.485. The van der Waals surface area contributed by atoms with Crippen molar-refractivity contribution in [1.82, 2.24) is 0 Å². The number of allylic oxidation sites excluding steroid dienone is 1. The Morgan fingerprint density at radius 3 is 2.22 bits per heavy atom. The maximum atomic E-state index is 10.1. The van der Waals surface area contributed by atoms with E-state index in [-0.39, 0.29) is 5.38 Å². The molecule has 0 fully saturated rings. The summed E-state index contributed by atoms with van der Waals surface area (Å²) in [6.45, 7) is 1.62. The summed E-state index contributed by atoms with van der Waals surface area (Å²) in [6.07, 6.45) is 1.25. The second-order valence-electron chi connectivity index (χ2n) is 1.61. The molecule has 0 radical (unpaired) electrons. The van der Waals surface area contributed by atoms with E-state index in [4.69, 9.17) is 21.4 Å². The molecule has 0 aliphatic rings. The Hall–Kier alpha value is 0.180. The summed E-state index contributed by atoms with van der Waals surface area (Å²) in [4.78, 5) is 16.5. The minimum Gasteiger partial charge on any atom is -0.321 e. The first-order valence-electron chi connectivity index (χ1n) is 2.30. The molecular formula is C4H8ClO3P. The molecule has 0 spiro atoms. The number of rotatable bonds is 2. The third-order valence-corrected chi connectivity index (χ3v) is 1.25. The van der Waals surface area contributed by atoms with Crippen molar-refractivity contribution in [2.75, 3.05) is 0 Å². The van der Waals surface area contributed by atoms with Crippen LogP contribution in [0.1, 0.15) is 6.92 Å². The zero-order valence-corrected chi connectivity index (χ0v) is 6.51. The van der Waals surface area contributed by atoms with Gasteiger partial charge in [0.15, 0.2) is 0 Å². The Bertz CT molecular complexity index is 148. The van der Waals surface area contributed by atoms with Crippen molar-refractivity contribution >= 4 is 19.2 Å². The fourth-order valence-corrected chi connectivity index (χ4v) is 0.887. The molecule has 0 heterocycles. The van der Waals surface area contributed by atoms with Crippen molar-refractivity contribution in [3.05, 3.63) is 11.9 Å². The Morgan fingerprint density at radius 1 is 1.67 bits per heavy atom. The summed E-state index contributed by atoms with van der Waals surface area (Å²) >= 11 is 5.35. The van der Waals surface area contributed by atoms with E-state index >= 15 is 0 Å². The minimum atomic E-state index is -3.98. The number of alkyl halides is 1. The van der Waals surface area contributed by atoms with Gasteiger partial charge in [-0.15, -0.1) is 11.6 Å². The Morgan fingerprint density at radius 2 is 2.11 bits per heavy atom. The molecule has 1 unspecified atom stereocenters. The van der Waals surface area contributed by atoms with Crippen LogP contribution in [0.5, 0.6) is 0 Å². The zero-order valence-electron chi connectivity index (χ0n) is 4.86. The highest BCUT2D eigenvalue weighted by atomic mass is 35.5. The average Bonchev–Trinajstić information content (AvgIpc) is 1.59. The van der Waals surface area contributed by atoms with E-state index in [1.165, 1.54) is 6.08 Å². The second kappa shape index (κ2) is 3.37. The molecule has 0 saturated heterocycles. The van der Waals surface area contributed by atoms with E-state index in [1.54, 1.807) is 6.92 Å². The maximum Gasteiger partial charge on any atom is 0.348 e. The molecule has 0 aromatic carbocycles. The lowest BCUT2D eigenvalue weighted by Crippen LogP contribution is -1.80. The van der Waals surface area contributed by atoms with Gasteiger partial charge in [-0.25, -0.2) is 0 Å². The number of halogens is 1. The third-order valence-electron chi connectivity index (χ3n) is 0.545. The van der Waals surface area contributed by atoms with Crippen LogP contribution in [0, 0.1) is 0 Å². The Kier molecular flexibility index (Phi) is 3.44. The lowest BCUT2D eigenvalue weighted by molar-refractivity contribution is 0.386. The lowest BCUT2D eigenvalue weighted by atomic mass is 10.5. The largest absolute Gasteiger partial charge is 0.348 e. The van der Waals surface area contributed by atoms with E-state index < -0.39 is 7.60 Å². The van der Waals surface area contributed by atoms with Gasteiger partial charge >= 0.3 is 7.60 Å². The number of hydrogen-bond acceptors (Lipinski definition) is 1. The van der Waals surface area contributed by atoms with Gasteiger partial charge in [0.1, 0.15) is 0 Å². The van der Waals surface area contributed by atoms with Crippen LogP contribution >= 0.6 is 19.2 Å². The molecule has 1 atom stereocenters. The highest BCUT2D eigenvalue weighted by Crippen LogP contribution is 2.36. The van der Waals surface area contributed by atoms with Gasteiger partial charge in [0.05, 0.1) is 0 Å². The van der Waals surface area contributed by atoms with Gasteiger partial charge in [-0.05, 0) is 6.92 Å². The van der Waals surface area contributed by atoms with Gasteiger partial charge in [-0.2, -0.15) is 0 Å². The fraction of sp³-hybridized carbons (Fsp3) is 0.500. The second-order valence-corrected chi connectivity index (χ2v) is 3.77. The molecule has 0 aromatic rings. The molecule has 0 amide bonds. The number of hydrogen-bond donors (Lipinski definition) is 2. The van der Waals surface area contributed by atoms with E-state index in [0.29, 0.717) is 0 Å². The highest BCUT2D eigenvalue weighted by molar-refractivity contribution is 7.55. The van der Waals surface area contributed by atoms with Crippen molar-refractivity contribution in [3.8, 4) is 0 Å². The van der Waals surface area contributed by atoms with E-state index in [2.05, 4.69) is 0 Å². The summed E-state index contributed by atoms with van der Waals surface area (Å²) in [5.41, 5.74) is 0. The molecule has 0 aliphatic heterocycles. The van der Waals surface area contributed by atoms with Crippen LogP contribution in [-0.2, 0) is 4.57 Å². The molecule has 0 rings (SSSR count). The van der Waals surface area contributed by atoms with Crippen molar-refractivity contribution in [2.24, 2.45) is 0 Å². The fourth-order valence-electron chi connectivity index (χ4n) is 0.231.